The van der Waals surface area contributed by atoms with Gasteiger partial charge < -0.3 is 4.74 Å². The monoisotopic (exact) mass is 286 g/mol. The zero-order chi connectivity index (χ0) is 9.14. The molecule has 0 aromatic rings. The highest BCUT2D eigenvalue weighted by atomic mass is 127. The van der Waals surface area contributed by atoms with E-state index >= 15 is 0 Å². The predicted molar refractivity (Wildman–Crippen MR) is 49.2 cm³/mol. The summed E-state index contributed by atoms with van der Waals surface area (Å²) in [5.41, 5.74) is 0. The van der Waals surface area contributed by atoms with Crippen LogP contribution in [-0.4, -0.2) is 9.73 Å². The van der Waals surface area contributed by atoms with Crippen molar-refractivity contribution in [3.8, 4) is 0 Å². The third kappa shape index (κ3) is 2.20. The van der Waals surface area contributed by atoms with Gasteiger partial charge in [0.2, 0.25) is 5.83 Å². The number of ether oxygens (including phenoxy) is 1. The summed E-state index contributed by atoms with van der Waals surface area (Å²) in [6.45, 7) is 1.13. The zero-order valence-corrected chi connectivity index (χ0v) is 8.26. The number of carbonyl (C=O) groups is 1. The van der Waals surface area contributed by atoms with Gasteiger partial charge in [0, 0.05) is 6.92 Å². The maximum Gasteiger partial charge on any atom is 0.308 e. The molecule has 5 heteroatoms. The van der Waals surface area contributed by atoms with E-state index in [1.165, 1.54) is 10.2 Å². The molecule has 1 rings (SSSR count). The van der Waals surface area contributed by atoms with Gasteiger partial charge >= 0.3 is 5.97 Å². The van der Waals surface area contributed by atoms with Gasteiger partial charge in [-0.3, -0.25) is 4.79 Å². The second kappa shape index (κ2) is 3.88. The first kappa shape index (κ1) is 9.50. The second-order valence-electron chi connectivity index (χ2n) is 1.93. The third-order valence-corrected chi connectivity index (χ3v) is 2.75. The van der Waals surface area contributed by atoms with Crippen molar-refractivity contribution in [3.05, 3.63) is 21.7 Å². The molecule has 0 atom stereocenters. The molecule has 1 aliphatic rings. The van der Waals surface area contributed by atoms with Gasteiger partial charge in [0.05, 0.1) is 0 Å². The zero-order valence-electron chi connectivity index (χ0n) is 6.11. The molecule has 0 fully saturated rings. The molecule has 0 aliphatic carbocycles. The van der Waals surface area contributed by atoms with E-state index in [-0.39, 0.29) is 5.76 Å². The standard InChI is InChI=1S/C7H5F2IO2/c1-4(11)12-5-2-3-10-7(9)6(5)8/h2-3H,1H3. The van der Waals surface area contributed by atoms with Crippen LogP contribution in [-0.2, 0) is 9.53 Å². The van der Waals surface area contributed by atoms with Crippen LogP contribution in [0.1, 0.15) is 6.92 Å². The number of hydrogen-bond donors (Lipinski definition) is 0. The maximum atomic E-state index is 12.8. The molecule has 1 heterocycles. The molecule has 1 aliphatic heterocycles. The summed E-state index contributed by atoms with van der Waals surface area (Å²) in [6, 6.07) is 0. The minimum atomic E-state index is -1.04. The lowest BCUT2D eigenvalue weighted by molar-refractivity contribution is -0.136. The largest absolute Gasteiger partial charge is 0.423 e. The van der Waals surface area contributed by atoms with Gasteiger partial charge in [0.25, 0.3) is 0 Å². The van der Waals surface area contributed by atoms with Gasteiger partial charge in [0.1, 0.15) is 0 Å². The Morgan fingerprint density at radius 1 is 1.58 bits per heavy atom. The fourth-order valence-corrected chi connectivity index (χ4v) is 1.95. The Balaban J connectivity index is 2.90. The van der Waals surface area contributed by atoms with Gasteiger partial charge in [-0.15, -0.1) is 0 Å². The summed E-state index contributed by atoms with van der Waals surface area (Å²) in [5, 5.41) is 0. The Labute approximate surface area is 77.6 Å². The van der Waals surface area contributed by atoms with Crippen molar-refractivity contribution in [2.45, 2.75) is 6.92 Å². The van der Waals surface area contributed by atoms with Crippen LogP contribution in [0, 0.1) is 0 Å². The highest BCUT2D eigenvalue weighted by Crippen LogP contribution is 2.24. The highest BCUT2D eigenvalue weighted by molar-refractivity contribution is 14.2. The van der Waals surface area contributed by atoms with E-state index in [2.05, 4.69) is 4.74 Å². The fraction of sp³-hybridized carbons (Fsp3) is 0.143. The highest BCUT2D eigenvalue weighted by Gasteiger charge is 2.15. The molecule has 66 valence electrons. The molecule has 0 bridgehead atoms. The van der Waals surface area contributed by atoms with Crippen LogP contribution in [0.4, 0.5) is 8.78 Å². The molecule has 0 spiro atoms. The number of allylic oxidation sites excluding steroid dienone is 2. The number of esters is 1. The summed E-state index contributed by atoms with van der Waals surface area (Å²) in [6.07, 6.45) is 1.28. The smallest absolute Gasteiger partial charge is 0.308 e. The van der Waals surface area contributed by atoms with Crippen LogP contribution in [0.15, 0.2) is 21.7 Å². The van der Waals surface area contributed by atoms with E-state index in [1.807, 2.05) is 0 Å². The summed E-state index contributed by atoms with van der Waals surface area (Å²) in [5.74, 6) is -2.02. The lowest BCUT2D eigenvalue weighted by atomic mass is 10.4. The lowest BCUT2D eigenvalue weighted by Crippen LogP contribution is -2.03. The Bertz CT molecular complexity index is 305. The van der Waals surface area contributed by atoms with Gasteiger partial charge in [-0.25, -0.2) is 0 Å². The normalized spacial score (nSPS) is 16.8. The first-order chi connectivity index (χ1) is 5.61. The van der Waals surface area contributed by atoms with E-state index in [4.69, 9.17) is 0 Å². The van der Waals surface area contributed by atoms with E-state index in [0.29, 0.717) is 0 Å². The van der Waals surface area contributed by atoms with Crippen LogP contribution < -0.4 is 0 Å². The summed E-state index contributed by atoms with van der Waals surface area (Å²) >= 11 is -0.996. The Hall–Kier alpha value is -0.590. The van der Waals surface area contributed by atoms with Crippen molar-refractivity contribution in [3.63, 3.8) is 0 Å². The van der Waals surface area contributed by atoms with E-state index in [0.717, 1.165) is 6.92 Å². The van der Waals surface area contributed by atoms with Gasteiger partial charge in [-0.05, 0) is 30.9 Å². The van der Waals surface area contributed by atoms with Gasteiger partial charge in [-0.2, -0.15) is 8.78 Å². The Morgan fingerprint density at radius 3 is 2.83 bits per heavy atom. The van der Waals surface area contributed by atoms with Crippen molar-refractivity contribution in [2.24, 2.45) is 0 Å². The van der Waals surface area contributed by atoms with Crippen molar-refractivity contribution >= 4 is 30.5 Å². The summed E-state index contributed by atoms with van der Waals surface area (Å²) < 4.78 is 30.4. The second-order valence-corrected chi connectivity index (χ2v) is 4.22. The quantitative estimate of drug-likeness (QED) is 0.546. The fourth-order valence-electron chi connectivity index (χ4n) is 0.592. The number of rotatable bonds is 1. The molecule has 0 unspecified atom stereocenters. The minimum Gasteiger partial charge on any atom is -0.423 e. The SMILES string of the molecule is CC(=O)OC1=C(F)C(F)=IC=C1. The summed E-state index contributed by atoms with van der Waals surface area (Å²) in [4.78, 5) is 10.4. The number of halogens is 3. The summed E-state index contributed by atoms with van der Waals surface area (Å²) in [7, 11) is 0. The Kier molecular flexibility index (Phi) is 3.07. The van der Waals surface area contributed by atoms with E-state index in [1.54, 1.807) is 0 Å². The molecule has 0 saturated carbocycles. The molecule has 0 aromatic carbocycles. The van der Waals surface area contributed by atoms with Crippen molar-refractivity contribution in [2.75, 3.05) is 0 Å². The average molecular weight is 286 g/mol. The molecule has 0 aromatic heterocycles. The third-order valence-electron chi connectivity index (χ3n) is 1.01. The van der Waals surface area contributed by atoms with E-state index < -0.39 is 36.3 Å². The number of hydrogen-bond acceptors (Lipinski definition) is 2. The lowest BCUT2D eigenvalue weighted by Gasteiger charge is -2.05. The minimum absolute atomic E-state index is 0.328. The van der Waals surface area contributed by atoms with Crippen molar-refractivity contribution in [1.29, 1.82) is 0 Å². The van der Waals surface area contributed by atoms with Crippen LogP contribution in [0.2, 0.25) is 0 Å². The molecule has 0 N–H and O–H groups in total. The van der Waals surface area contributed by atoms with Gasteiger partial charge in [-0.1, -0.05) is 0 Å². The van der Waals surface area contributed by atoms with Gasteiger partial charge in [0.15, 0.2) is 9.52 Å². The van der Waals surface area contributed by atoms with Crippen LogP contribution in [0.25, 0.3) is 0 Å². The first-order valence-electron chi connectivity index (χ1n) is 3.02. The van der Waals surface area contributed by atoms with Crippen LogP contribution in [0.5, 0.6) is 0 Å². The molecule has 0 amide bonds. The van der Waals surface area contributed by atoms with E-state index in [9.17, 15) is 13.6 Å². The molecular formula is C7H5F2IO2. The molecule has 0 radical (unpaired) electrons. The van der Waals surface area contributed by atoms with Crippen LogP contribution >= 0.6 is 20.7 Å². The van der Waals surface area contributed by atoms with Crippen molar-refractivity contribution in [1.82, 2.24) is 0 Å². The maximum absolute atomic E-state index is 12.8. The predicted octanol–water partition coefficient (Wildman–Crippen LogP) is 2.33. The Morgan fingerprint density at radius 2 is 2.25 bits per heavy atom. The topological polar surface area (TPSA) is 26.3 Å². The molecule has 2 nitrogen and oxygen atoms in total. The van der Waals surface area contributed by atoms with Crippen LogP contribution in [0.3, 0.4) is 0 Å². The molecular weight excluding hydrogens is 281 g/mol. The first-order valence-corrected chi connectivity index (χ1v) is 5.34. The molecule has 0 saturated heterocycles. The van der Waals surface area contributed by atoms with Crippen molar-refractivity contribution < 1.29 is 18.3 Å². The molecule has 12 heavy (non-hydrogen) atoms. The number of carbonyl (C=O) groups excluding carboxylic acids is 1. The average Bonchev–Trinajstić information content (AvgIpc) is 1.98.